The minimum atomic E-state index is -0.882. The van der Waals surface area contributed by atoms with Gasteiger partial charge in [-0.1, -0.05) is 42.5 Å². The number of rotatable bonds is 5. The molecule has 3 nitrogen and oxygen atoms in total. The van der Waals surface area contributed by atoms with E-state index in [9.17, 15) is 4.79 Å². The number of carbonyl (C=O) groups is 1. The van der Waals surface area contributed by atoms with Crippen LogP contribution in [-0.2, 0) is 13.1 Å². The Morgan fingerprint density at radius 1 is 1.00 bits per heavy atom. The largest absolute Gasteiger partial charge is 0.478 e. The van der Waals surface area contributed by atoms with Crippen LogP contribution < -0.4 is 0 Å². The van der Waals surface area contributed by atoms with Gasteiger partial charge in [-0.2, -0.15) is 0 Å². The fraction of sp³-hybridized carbons (Fsp3) is 0.188. The van der Waals surface area contributed by atoms with Crippen LogP contribution >= 0.6 is 0 Å². The zero-order chi connectivity index (χ0) is 13.7. The molecule has 2 aromatic carbocycles. The Kier molecular flexibility index (Phi) is 4.31. The van der Waals surface area contributed by atoms with Crippen molar-refractivity contribution < 1.29 is 9.90 Å². The predicted molar refractivity (Wildman–Crippen MR) is 75.0 cm³/mol. The first-order chi connectivity index (χ1) is 9.15. The van der Waals surface area contributed by atoms with E-state index in [-0.39, 0.29) is 0 Å². The van der Waals surface area contributed by atoms with Crippen molar-refractivity contribution in [3.8, 4) is 0 Å². The number of carboxylic acid groups (broad SMARTS) is 1. The van der Waals surface area contributed by atoms with Gasteiger partial charge < -0.3 is 5.11 Å². The summed E-state index contributed by atoms with van der Waals surface area (Å²) in [5.74, 6) is -0.882. The van der Waals surface area contributed by atoms with E-state index < -0.39 is 5.97 Å². The molecule has 0 spiro atoms. The van der Waals surface area contributed by atoms with Gasteiger partial charge in [0.1, 0.15) is 0 Å². The van der Waals surface area contributed by atoms with Crippen LogP contribution in [0.2, 0.25) is 0 Å². The van der Waals surface area contributed by atoms with Crippen LogP contribution in [0.3, 0.4) is 0 Å². The molecule has 3 heteroatoms. The number of aromatic carboxylic acids is 1. The minimum Gasteiger partial charge on any atom is -0.478 e. The zero-order valence-electron chi connectivity index (χ0n) is 10.9. The molecular weight excluding hydrogens is 238 g/mol. The Morgan fingerprint density at radius 3 is 2.32 bits per heavy atom. The molecule has 0 aliphatic rings. The predicted octanol–water partition coefficient (Wildman–Crippen LogP) is 3.02. The molecule has 2 rings (SSSR count). The van der Waals surface area contributed by atoms with E-state index in [4.69, 9.17) is 5.11 Å². The lowest BCUT2D eigenvalue weighted by Gasteiger charge is -2.17. The molecule has 0 aliphatic heterocycles. The molecule has 0 aliphatic carbocycles. The highest BCUT2D eigenvalue weighted by Crippen LogP contribution is 2.10. The first kappa shape index (κ1) is 13.3. The normalized spacial score (nSPS) is 10.6. The maximum Gasteiger partial charge on any atom is 0.335 e. The standard InChI is InChI=1S/C16H17NO2/c1-17(11-13-6-3-2-4-7-13)12-14-8-5-9-15(10-14)16(18)19/h2-10H,11-12H2,1H3,(H,18,19). The zero-order valence-corrected chi connectivity index (χ0v) is 10.9. The van der Waals surface area contributed by atoms with Crippen LogP contribution in [0, 0.1) is 0 Å². The summed E-state index contributed by atoms with van der Waals surface area (Å²) in [6.45, 7) is 1.58. The van der Waals surface area contributed by atoms with Gasteiger partial charge >= 0.3 is 5.97 Å². The van der Waals surface area contributed by atoms with E-state index in [2.05, 4.69) is 17.0 Å². The van der Waals surface area contributed by atoms with E-state index in [0.717, 1.165) is 18.7 Å². The summed E-state index contributed by atoms with van der Waals surface area (Å²) in [4.78, 5) is 13.1. The lowest BCUT2D eigenvalue weighted by atomic mass is 10.1. The second-order valence-corrected chi connectivity index (χ2v) is 4.66. The fourth-order valence-corrected chi connectivity index (χ4v) is 2.07. The van der Waals surface area contributed by atoms with Gasteiger partial charge in [-0.3, -0.25) is 4.90 Å². The molecule has 0 fully saturated rings. The molecule has 0 saturated heterocycles. The molecule has 0 heterocycles. The number of hydrogen-bond acceptors (Lipinski definition) is 2. The first-order valence-electron chi connectivity index (χ1n) is 6.20. The molecule has 0 unspecified atom stereocenters. The molecule has 98 valence electrons. The molecule has 0 aromatic heterocycles. The third kappa shape index (κ3) is 3.93. The molecule has 19 heavy (non-hydrogen) atoms. The molecule has 0 bridgehead atoms. The van der Waals surface area contributed by atoms with Crippen LogP contribution in [0.25, 0.3) is 0 Å². The van der Waals surface area contributed by atoms with Crippen molar-refractivity contribution in [1.29, 1.82) is 0 Å². The van der Waals surface area contributed by atoms with Gasteiger partial charge in [0.15, 0.2) is 0 Å². The molecule has 0 amide bonds. The highest BCUT2D eigenvalue weighted by atomic mass is 16.4. The van der Waals surface area contributed by atoms with Gasteiger partial charge in [0, 0.05) is 13.1 Å². The second kappa shape index (κ2) is 6.16. The number of hydrogen-bond donors (Lipinski definition) is 1. The molecule has 0 saturated carbocycles. The number of benzene rings is 2. The van der Waals surface area contributed by atoms with Gasteiger partial charge in [-0.15, -0.1) is 0 Å². The number of carboxylic acids is 1. The molecule has 0 radical (unpaired) electrons. The monoisotopic (exact) mass is 255 g/mol. The van der Waals surface area contributed by atoms with Crippen molar-refractivity contribution in [2.45, 2.75) is 13.1 Å². The topological polar surface area (TPSA) is 40.5 Å². The Hall–Kier alpha value is -2.13. The van der Waals surface area contributed by atoms with E-state index in [1.165, 1.54) is 5.56 Å². The lowest BCUT2D eigenvalue weighted by molar-refractivity contribution is 0.0696. The van der Waals surface area contributed by atoms with Crippen molar-refractivity contribution in [2.75, 3.05) is 7.05 Å². The Labute approximate surface area is 113 Å². The summed E-state index contributed by atoms with van der Waals surface area (Å²) in [6.07, 6.45) is 0. The van der Waals surface area contributed by atoms with E-state index in [1.807, 2.05) is 31.3 Å². The summed E-state index contributed by atoms with van der Waals surface area (Å²) >= 11 is 0. The van der Waals surface area contributed by atoms with Gasteiger partial charge in [-0.05, 0) is 30.3 Å². The average molecular weight is 255 g/mol. The van der Waals surface area contributed by atoms with Crippen LogP contribution in [0.15, 0.2) is 54.6 Å². The maximum absolute atomic E-state index is 10.9. The Morgan fingerprint density at radius 2 is 1.63 bits per heavy atom. The summed E-state index contributed by atoms with van der Waals surface area (Å²) in [5, 5.41) is 8.96. The van der Waals surface area contributed by atoms with Crippen molar-refractivity contribution in [3.63, 3.8) is 0 Å². The third-order valence-corrected chi connectivity index (χ3v) is 2.92. The third-order valence-electron chi connectivity index (χ3n) is 2.92. The minimum absolute atomic E-state index is 0.339. The molecule has 2 aromatic rings. The van der Waals surface area contributed by atoms with Crippen molar-refractivity contribution in [3.05, 3.63) is 71.3 Å². The molecular formula is C16H17NO2. The average Bonchev–Trinajstić information content (AvgIpc) is 2.40. The van der Waals surface area contributed by atoms with Gasteiger partial charge in [0.25, 0.3) is 0 Å². The van der Waals surface area contributed by atoms with Crippen molar-refractivity contribution in [1.82, 2.24) is 4.90 Å². The van der Waals surface area contributed by atoms with Gasteiger partial charge in [0.05, 0.1) is 5.56 Å². The van der Waals surface area contributed by atoms with E-state index >= 15 is 0 Å². The van der Waals surface area contributed by atoms with E-state index in [0.29, 0.717) is 5.56 Å². The maximum atomic E-state index is 10.9. The van der Waals surface area contributed by atoms with Crippen molar-refractivity contribution >= 4 is 5.97 Å². The van der Waals surface area contributed by atoms with Gasteiger partial charge in [0.2, 0.25) is 0 Å². The second-order valence-electron chi connectivity index (χ2n) is 4.66. The lowest BCUT2D eigenvalue weighted by Crippen LogP contribution is -2.17. The number of nitrogens with zero attached hydrogens (tertiary/aromatic N) is 1. The first-order valence-corrected chi connectivity index (χ1v) is 6.20. The molecule has 1 N–H and O–H groups in total. The van der Waals surface area contributed by atoms with E-state index in [1.54, 1.807) is 18.2 Å². The summed E-state index contributed by atoms with van der Waals surface area (Å²) in [5.41, 5.74) is 2.60. The summed E-state index contributed by atoms with van der Waals surface area (Å²) in [7, 11) is 2.03. The SMILES string of the molecule is CN(Cc1ccccc1)Cc1cccc(C(=O)O)c1. The van der Waals surface area contributed by atoms with Crippen LogP contribution in [0.5, 0.6) is 0 Å². The van der Waals surface area contributed by atoms with Crippen molar-refractivity contribution in [2.24, 2.45) is 0 Å². The summed E-state index contributed by atoms with van der Waals surface area (Å²) in [6, 6.07) is 17.3. The summed E-state index contributed by atoms with van der Waals surface area (Å²) < 4.78 is 0. The highest BCUT2D eigenvalue weighted by Gasteiger charge is 2.05. The smallest absolute Gasteiger partial charge is 0.335 e. The molecule has 0 atom stereocenters. The van der Waals surface area contributed by atoms with Crippen LogP contribution in [0.1, 0.15) is 21.5 Å². The van der Waals surface area contributed by atoms with Gasteiger partial charge in [-0.25, -0.2) is 4.79 Å². The Bertz CT molecular complexity index is 552. The fourth-order valence-electron chi connectivity index (χ4n) is 2.07. The Balaban J connectivity index is 2.01. The van der Waals surface area contributed by atoms with Crippen LogP contribution in [0.4, 0.5) is 0 Å². The van der Waals surface area contributed by atoms with Crippen LogP contribution in [-0.4, -0.2) is 23.0 Å². The quantitative estimate of drug-likeness (QED) is 0.892. The highest BCUT2D eigenvalue weighted by molar-refractivity contribution is 5.87.